The van der Waals surface area contributed by atoms with E-state index in [0.29, 0.717) is 0 Å². The number of nitrogens with two attached hydrogens (primary N) is 1. The van der Waals surface area contributed by atoms with Crippen LogP contribution in [-0.4, -0.2) is 11.9 Å². The molecule has 1 aromatic carbocycles. The lowest BCUT2D eigenvalue weighted by Crippen LogP contribution is -2.39. The minimum Gasteiger partial charge on any atom is -0.349 e. The van der Waals surface area contributed by atoms with Crippen molar-refractivity contribution in [3.05, 3.63) is 34.9 Å². The van der Waals surface area contributed by atoms with Gasteiger partial charge in [-0.3, -0.25) is 4.79 Å². The van der Waals surface area contributed by atoms with Crippen molar-refractivity contribution in [3.63, 3.8) is 0 Å². The van der Waals surface area contributed by atoms with E-state index in [9.17, 15) is 4.79 Å². The molecule has 1 aromatic rings. The molecule has 0 aromatic heterocycles. The normalized spacial score (nSPS) is 24.2. The van der Waals surface area contributed by atoms with E-state index in [1.165, 1.54) is 16.7 Å². The van der Waals surface area contributed by atoms with Crippen LogP contribution < -0.4 is 11.1 Å². The maximum Gasteiger partial charge on any atom is 0.225 e. The summed E-state index contributed by atoms with van der Waals surface area (Å²) in [7, 11) is 0. The van der Waals surface area contributed by atoms with Crippen LogP contribution in [0.3, 0.4) is 0 Å². The Bertz CT molecular complexity index is 470. The van der Waals surface area contributed by atoms with Gasteiger partial charge in [0.1, 0.15) is 0 Å². The van der Waals surface area contributed by atoms with Crippen LogP contribution in [0.1, 0.15) is 48.9 Å². The van der Waals surface area contributed by atoms with Crippen molar-refractivity contribution in [2.45, 2.75) is 52.1 Å². The lowest BCUT2D eigenvalue weighted by molar-refractivity contribution is -0.125. The molecule has 0 aliphatic heterocycles. The van der Waals surface area contributed by atoms with Crippen LogP contribution in [0.25, 0.3) is 0 Å². The first-order valence-corrected chi connectivity index (χ1v) is 7.12. The highest BCUT2D eigenvalue weighted by Crippen LogP contribution is 2.26. The minimum atomic E-state index is -0.00688. The highest BCUT2D eigenvalue weighted by atomic mass is 16.2. The predicted octanol–water partition coefficient (Wildman–Crippen LogP) is 2.61. The van der Waals surface area contributed by atoms with Crippen LogP contribution in [0.2, 0.25) is 0 Å². The summed E-state index contributed by atoms with van der Waals surface area (Å²) in [5.41, 5.74) is 9.62. The molecular weight excluding hydrogens is 236 g/mol. The van der Waals surface area contributed by atoms with Gasteiger partial charge in [0.25, 0.3) is 0 Å². The molecule has 1 amide bonds. The lowest BCUT2D eigenvalue weighted by Gasteiger charge is -2.21. The van der Waals surface area contributed by atoms with Gasteiger partial charge < -0.3 is 11.1 Å². The quantitative estimate of drug-likeness (QED) is 0.877. The molecule has 104 valence electrons. The lowest BCUT2D eigenvalue weighted by atomic mass is 9.98. The first-order chi connectivity index (χ1) is 8.99. The second kappa shape index (κ2) is 5.74. The summed E-state index contributed by atoms with van der Waals surface area (Å²) < 4.78 is 0. The number of hydrogen-bond acceptors (Lipinski definition) is 2. The Labute approximate surface area is 115 Å². The maximum atomic E-state index is 12.2. The molecule has 19 heavy (non-hydrogen) atoms. The summed E-state index contributed by atoms with van der Waals surface area (Å²) >= 11 is 0. The van der Waals surface area contributed by atoms with Gasteiger partial charge in [0.05, 0.1) is 12.0 Å². The first-order valence-electron chi connectivity index (χ1n) is 7.12. The molecule has 0 saturated heterocycles. The van der Waals surface area contributed by atoms with Gasteiger partial charge in [-0.05, 0) is 44.7 Å². The van der Waals surface area contributed by atoms with Crippen molar-refractivity contribution in [2.75, 3.05) is 0 Å². The van der Waals surface area contributed by atoms with Crippen LogP contribution in [0.5, 0.6) is 0 Å². The highest BCUT2D eigenvalue weighted by molar-refractivity contribution is 5.80. The van der Waals surface area contributed by atoms with E-state index in [4.69, 9.17) is 5.73 Å². The summed E-state index contributed by atoms with van der Waals surface area (Å²) in [6.07, 6.45) is 2.96. The summed E-state index contributed by atoms with van der Waals surface area (Å²) in [5.74, 6) is 0.103. The Balaban J connectivity index is 2.06. The average Bonchev–Trinajstić information content (AvgIpc) is 2.78. The molecule has 3 N–H and O–H groups in total. The number of aryl methyl sites for hydroxylation is 2. The Morgan fingerprint density at radius 2 is 2.11 bits per heavy atom. The Kier molecular flexibility index (Phi) is 4.25. The van der Waals surface area contributed by atoms with E-state index in [0.717, 1.165) is 19.3 Å². The number of benzene rings is 1. The van der Waals surface area contributed by atoms with Crippen LogP contribution in [0.4, 0.5) is 0 Å². The van der Waals surface area contributed by atoms with Gasteiger partial charge in [-0.15, -0.1) is 0 Å². The number of carbonyl (C=O) groups is 1. The van der Waals surface area contributed by atoms with E-state index in [1.54, 1.807) is 0 Å². The first kappa shape index (κ1) is 14.1. The SMILES string of the molecule is Cc1ccc(C)c(C(C)NC(=O)C2CCCC2N)c1. The van der Waals surface area contributed by atoms with Crippen molar-refractivity contribution < 1.29 is 4.79 Å². The molecule has 0 radical (unpaired) electrons. The summed E-state index contributed by atoms with van der Waals surface area (Å²) in [4.78, 5) is 12.2. The zero-order valence-corrected chi connectivity index (χ0v) is 12.1. The molecule has 1 fully saturated rings. The minimum absolute atomic E-state index is 0.00688. The van der Waals surface area contributed by atoms with E-state index in [2.05, 4.69) is 37.4 Å². The summed E-state index contributed by atoms with van der Waals surface area (Å²) in [6.45, 7) is 6.20. The summed E-state index contributed by atoms with van der Waals surface area (Å²) in [6, 6.07) is 6.43. The molecule has 3 nitrogen and oxygen atoms in total. The zero-order valence-electron chi connectivity index (χ0n) is 12.1. The smallest absolute Gasteiger partial charge is 0.225 e. The van der Waals surface area contributed by atoms with Gasteiger partial charge in [0.15, 0.2) is 0 Å². The molecule has 3 heteroatoms. The third-order valence-electron chi connectivity index (χ3n) is 4.17. The Morgan fingerprint density at radius 1 is 1.37 bits per heavy atom. The molecule has 1 aliphatic rings. The monoisotopic (exact) mass is 260 g/mol. The van der Waals surface area contributed by atoms with Crippen LogP contribution in [-0.2, 0) is 4.79 Å². The number of amides is 1. The van der Waals surface area contributed by atoms with Crippen LogP contribution >= 0.6 is 0 Å². The van der Waals surface area contributed by atoms with Crippen molar-refractivity contribution in [1.82, 2.24) is 5.32 Å². The largest absolute Gasteiger partial charge is 0.349 e. The van der Waals surface area contributed by atoms with Crippen molar-refractivity contribution in [2.24, 2.45) is 11.7 Å². The maximum absolute atomic E-state index is 12.2. The average molecular weight is 260 g/mol. The van der Waals surface area contributed by atoms with Gasteiger partial charge in [-0.1, -0.05) is 30.2 Å². The van der Waals surface area contributed by atoms with E-state index < -0.39 is 0 Å². The third-order valence-corrected chi connectivity index (χ3v) is 4.17. The molecule has 0 bridgehead atoms. The number of rotatable bonds is 3. The molecule has 0 heterocycles. The third kappa shape index (κ3) is 3.16. The van der Waals surface area contributed by atoms with Crippen molar-refractivity contribution >= 4 is 5.91 Å². The molecule has 2 rings (SSSR count). The van der Waals surface area contributed by atoms with E-state index in [1.807, 2.05) is 6.92 Å². The molecule has 1 saturated carbocycles. The fraction of sp³-hybridized carbons (Fsp3) is 0.562. The van der Waals surface area contributed by atoms with Crippen LogP contribution in [0.15, 0.2) is 18.2 Å². The van der Waals surface area contributed by atoms with Gasteiger partial charge in [0.2, 0.25) is 5.91 Å². The standard InChI is InChI=1S/C16H24N2O/c1-10-7-8-11(2)14(9-10)12(3)18-16(19)13-5-4-6-15(13)17/h7-9,12-13,15H,4-6,17H2,1-3H3,(H,18,19). The zero-order chi connectivity index (χ0) is 14.0. The Hall–Kier alpha value is -1.35. The molecular formula is C16H24N2O. The van der Waals surface area contributed by atoms with Gasteiger partial charge in [-0.2, -0.15) is 0 Å². The molecule has 1 aliphatic carbocycles. The van der Waals surface area contributed by atoms with Gasteiger partial charge >= 0.3 is 0 Å². The molecule has 3 unspecified atom stereocenters. The highest BCUT2D eigenvalue weighted by Gasteiger charge is 2.30. The fourth-order valence-electron chi connectivity index (χ4n) is 2.94. The predicted molar refractivity (Wildman–Crippen MR) is 77.8 cm³/mol. The number of carbonyl (C=O) groups excluding carboxylic acids is 1. The van der Waals surface area contributed by atoms with Crippen molar-refractivity contribution in [1.29, 1.82) is 0 Å². The topological polar surface area (TPSA) is 55.1 Å². The second-order valence-electron chi connectivity index (χ2n) is 5.79. The number of nitrogens with one attached hydrogen (secondary N) is 1. The van der Waals surface area contributed by atoms with Gasteiger partial charge in [-0.25, -0.2) is 0 Å². The van der Waals surface area contributed by atoms with E-state index >= 15 is 0 Å². The second-order valence-corrected chi connectivity index (χ2v) is 5.79. The Morgan fingerprint density at radius 3 is 2.74 bits per heavy atom. The van der Waals surface area contributed by atoms with Crippen LogP contribution in [0, 0.1) is 19.8 Å². The van der Waals surface area contributed by atoms with Crippen molar-refractivity contribution in [3.8, 4) is 0 Å². The van der Waals surface area contributed by atoms with Gasteiger partial charge in [0, 0.05) is 6.04 Å². The summed E-state index contributed by atoms with van der Waals surface area (Å²) in [5, 5.41) is 3.12. The fourth-order valence-corrected chi connectivity index (χ4v) is 2.94. The molecule has 0 spiro atoms. The van der Waals surface area contributed by atoms with E-state index in [-0.39, 0.29) is 23.9 Å². The number of hydrogen-bond donors (Lipinski definition) is 2. The molecule has 3 atom stereocenters.